The van der Waals surface area contributed by atoms with Gasteiger partial charge in [-0.25, -0.2) is 9.50 Å². The average Bonchev–Trinajstić information content (AvgIpc) is 3.14. The molecule has 114 valence electrons. The summed E-state index contributed by atoms with van der Waals surface area (Å²) in [6.07, 6.45) is 9.86. The molecule has 3 heterocycles. The minimum absolute atomic E-state index is 0.0628. The van der Waals surface area contributed by atoms with Crippen LogP contribution in [0.15, 0.2) is 24.5 Å². The molecule has 1 N–H and O–H groups in total. The first-order chi connectivity index (χ1) is 10.9. The van der Waals surface area contributed by atoms with Crippen molar-refractivity contribution in [1.82, 2.24) is 19.6 Å². The van der Waals surface area contributed by atoms with Crippen LogP contribution in [0.25, 0.3) is 16.2 Å². The zero-order valence-electron chi connectivity index (χ0n) is 12.3. The van der Waals surface area contributed by atoms with Crippen LogP contribution in [0.1, 0.15) is 48.7 Å². The molecule has 0 amide bonds. The van der Waals surface area contributed by atoms with Gasteiger partial charge in [-0.3, -0.25) is 4.98 Å². The fraction of sp³-hybridized carbons (Fsp3) is 0.438. The van der Waals surface area contributed by atoms with Crippen molar-refractivity contribution in [2.45, 2.75) is 44.6 Å². The molecule has 0 unspecified atom stereocenters. The van der Waals surface area contributed by atoms with E-state index < -0.39 is 0 Å². The van der Waals surface area contributed by atoms with Gasteiger partial charge in [-0.15, -0.1) is 0 Å². The second-order valence-electron chi connectivity index (χ2n) is 5.77. The maximum absolute atomic E-state index is 9.77. The molecule has 0 radical (unpaired) electrons. The van der Waals surface area contributed by atoms with E-state index in [1.165, 1.54) is 32.1 Å². The lowest BCUT2D eigenvalue weighted by atomic mass is 9.90. The molecule has 5 nitrogen and oxygen atoms in total. The lowest BCUT2D eigenvalue weighted by Gasteiger charge is -2.18. The third-order valence-corrected chi connectivity index (χ3v) is 5.44. The quantitative estimate of drug-likeness (QED) is 0.805. The molecule has 6 heteroatoms. The van der Waals surface area contributed by atoms with Crippen LogP contribution < -0.4 is 0 Å². The van der Waals surface area contributed by atoms with E-state index in [4.69, 9.17) is 10.1 Å². The molecule has 0 aromatic carbocycles. The smallest absolute Gasteiger partial charge is 0.213 e. The normalized spacial score (nSPS) is 16.4. The Labute approximate surface area is 132 Å². The second kappa shape index (κ2) is 5.78. The zero-order valence-corrected chi connectivity index (χ0v) is 13.1. The molecule has 1 fully saturated rings. The number of aromatic nitrogens is 4. The van der Waals surface area contributed by atoms with Crippen LogP contribution >= 0.6 is 11.3 Å². The lowest BCUT2D eigenvalue weighted by Crippen LogP contribution is -2.05. The van der Waals surface area contributed by atoms with Crippen LogP contribution in [-0.4, -0.2) is 24.7 Å². The van der Waals surface area contributed by atoms with Gasteiger partial charge >= 0.3 is 0 Å². The van der Waals surface area contributed by atoms with Crippen LogP contribution in [0.4, 0.5) is 0 Å². The Morgan fingerprint density at radius 3 is 2.68 bits per heavy atom. The minimum Gasteiger partial charge on any atom is -0.390 e. The number of rotatable bonds is 3. The summed E-state index contributed by atoms with van der Waals surface area (Å²) < 4.78 is 1.82. The van der Waals surface area contributed by atoms with E-state index >= 15 is 0 Å². The van der Waals surface area contributed by atoms with Crippen molar-refractivity contribution in [1.29, 1.82) is 0 Å². The van der Waals surface area contributed by atoms with Gasteiger partial charge < -0.3 is 5.11 Å². The first-order valence-corrected chi connectivity index (χ1v) is 8.58. The molecule has 0 bridgehead atoms. The molecule has 0 spiro atoms. The Kier molecular flexibility index (Phi) is 3.63. The SMILES string of the molecule is OCc1c(-c2ccncc2)nc2sc(C3CCCCC3)nn12. The molecule has 1 saturated carbocycles. The largest absolute Gasteiger partial charge is 0.390 e. The van der Waals surface area contributed by atoms with Crippen LogP contribution in [0.3, 0.4) is 0 Å². The predicted molar refractivity (Wildman–Crippen MR) is 85.8 cm³/mol. The second-order valence-corrected chi connectivity index (χ2v) is 6.76. The van der Waals surface area contributed by atoms with Crippen LogP contribution in [0, 0.1) is 0 Å². The summed E-state index contributed by atoms with van der Waals surface area (Å²) in [5, 5.41) is 15.7. The van der Waals surface area contributed by atoms with Gasteiger partial charge in [-0.05, 0) is 25.0 Å². The molecule has 0 aliphatic heterocycles. The van der Waals surface area contributed by atoms with Crippen LogP contribution in [0.2, 0.25) is 0 Å². The Hall–Kier alpha value is -1.79. The van der Waals surface area contributed by atoms with E-state index in [0.29, 0.717) is 5.92 Å². The molecular formula is C16H18N4OS. The summed E-state index contributed by atoms with van der Waals surface area (Å²) in [5.41, 5.74) is 2.54. The van der Waals surface area contributed by atoms with Gasteiger partial charge in [0, 0.05) is 23.9 Å². The number of fused-ring (bicyclic) bond motifs is 1. The highest BCUT2D eigenvalue weighted by Gasteiger charge is 2.23. The zero-order chi connectivity index (χ0) is 14.9. The molecule has 1 aliphatic carbocycles. The van der Waals surface area contributed by atoms with Crippen molar-refractivity contribution in [3.8, 4) is 11.3 Å². The Morgan fingerprint density at radius 1 is 1.18 bits per heavy atom. The maximum Gasteiger partial charge on any atom is 0.213 e. The van der Waals surface area contributed by atoms with Gasteiger partial charge in [-0.1, -0.05) is 30.6 Å². The topological polar surface area (TPSA) is 63.3 Å². The van der Waals surface area contributed by atoms with E-state index in [0.717, 1.165) is 26.9 Å². The number of hydrogen-bond acceptors (Lipinski definition) is 5. The maximum atomic E-state index is 9.77. The van der Waals surface area contributed by atoms with Crippen molar-refractivity contribution in [3.05, 3.63) is 35.2 Å². The Balaban J connectivity index is 1.77. The standard InChI is InChI=1S/C16H18N4OS/c21-10-13-14(11-6-8-17-9-7-11)18-16-20(13)19-15(22-16)12-4-2-1-3-5-12/h6-9,12,21H,1-5,10H2. The third kappa shape index (κ3) is 2.32. The van der Waals surface area contributed by atoms with Gasteiger partial charge in [0.25, 0.3) is 0 Å². The van der Waals surface area contributed by atoms with Gasteiger partial charge in [0.2, 0.25) is 4.96 Å². The number of nitrogens with zero attached hydrogens (tertiary/aromatic N) is 4. The Bertz CT molecular complexity index is 774. The van der Waals surface area contributed by atoms with Gasteiger partial charge in [0.05, 0.1) is 18.0 Å². The van der Waals surface area contributed by atoms with Crippen molar-refractivity contribution < 1.29 is 5.11 Å². The highest BCUT2D eigenvalue weighted by atomic mass is 32.1. The van der Waals surface area contributed by atoms with Crippen LogP contribution in [-0.2, 0) is 6.61 Å². The molecular weight excluding hydrogens is 296 g/mol. The molecule has 22 heavy (non-hydrogen) atoms. The summed E-state index contributed by atoms with van der Waals surface area (Å²) in [6, 6.07) is 3.82. The van der Waals surface area contributed by atoms with E-state index in [1.807, 2.05) is 16.6 Å². The first-order valence-electron chi connectivity index (χ1n) is 7.76. The molecule has 3 aromatic heterocycles. The van der Waals surface area contributed by atoms with E-state index in [2.05, 4.69) is 4.98 Å². The minimum atomic E-state index is -0.0628. The summed E-state index contributed by atoms with van der Waals surface area (Å²) in [5.74, 6) is 0.566. The third-order valence-electron chi connectivity index (χ3n) is 4.37. The van der Waals surface area contributed by atoms with Crippen LogP contribution in [0.5, 0.6) is 0 Å². The fourth-order valence-corrected chi connectivity index (χ4v) is 4.29. The molecule has 4 rings (SSSR count). The molecule has 0 saturated heterocycles. The number of aliphatic hydroxyl groups is 1. The van der Waals surface area contributed by atoms with Gasteiger partial charge in [-0.2, -0.15) is 5.10 Å². The number of imidazole rings is 1. The van der Waals surface area contributed by atoms with E-state index in [9.17, 15) is 5.11 Å². The van der Waals surface area contributed by atoms with Crippen molar-refractivity contribution in [3.63, 3.8) is 0 Å². The van der Waals surface area contributed by atoms with Gasteiger partial charge in [0.15, 0.2) is 0 Å². The first kappa shape index (κ1) is 13.8. The summed E-state index contributed by atoms with van der Waals surface area (Å²) in [4.78, 5) is 9.61. The Morgan fingerprint density at radius 2 is 1.95 bits per heavy atom. The number of pyridine rings is 1. The van der Waals surface area contributed by atoms with Crippen molar-refractivity contribution in [2.24, 2.45) is 0 Å². The number of aliphatic hydroxyl groups excluding tert-OH is 1. The average molecular weight is 314 g/mol. The summed E-state index contributed by atoms with van der Waals surface area (Å²) in [7, 11) is 0. The highest BCUT2D eigenvalue weighted by Crippen LogP contribution is 2.36. The molecule has 3 aromatic rings. The fourth-order valence-electron chi connectivity index (χ4n) is 3.20. The molecule has 0 atom stereocenters. The van der Waals surface area contributed by atoms with E-state index in [-0.39, 0.29) is 6.61 Å². The van der Waals surface area contributed by atoms with E-state index in [1.54, 1.807) is 23.7 Å². The monoisotopic (exact) mass is 314 g/mol. The predicted octanol–water partition coefficient (Wildman–Crippen LogP) is 3.39. The summed E-state index contributed by atoms with van der Waals surface area (Å²) >= 11 is 1.66. The molecule has 1 aliphatic rings. The highest BCUT2D eigenvalue weighted by molar-refractivity contribution is 7.16. The number of hydrogen-bond donors (Lipinski definition) is 1. The summed E-state index contributed by atoms with van der Waals surface area (Å²) in [6.45, 7) is -0.0628. The lowest BCUT2D eigenvalue weighted by molar-refractivity contribution is 0.274. The van der Waals surface area contributed by atoms with Crippen molar-refractivity contribution >= 4 is 16.3 Å². The van der Waals surface area contributed by atoms with Crippen molar-refractivity contribution in [2.75, 3.05) is 0 Å². The van der Waals surface area contributed by atoms with Gasteiger partial charge in [0.1, 0.15) is 5.01 Å².